The second-order valence-electron chi connectivity index (χ2n) is 6.73. The van der Waals surface area contributed by atoms with E-state index in [-0.39, 0.29) is 12.3 Å². The number of nitrogens with zero attached hydrogens (tertiary/aromatic N) is 3. The maximum Gasteiger partial charge on any atom is 0.276 e. The first-order valence-electron chi connectivity index (χ1n) is 8.98. The Labute approximate surface area is 161 Å². The maximum atomic E-state index is 12.8. The number of aryl methyl sites for hydroxylation is 1. The number of hydroxylamine groups is 1. The molecule has 2 N–H and O–H groups in total. The quantitative estimate of drug-likeness (QED) is 0.534. The van der Waals surface area contributed by atoms with Crippen LogP contribution in [0.2, 0.25) is 0 Å². The molecule has 0 spiro atoms. The number of carbonyl (C=O) groups is 2. The summed E-state index contributed by atoms with van der Waals surface area (Å²) in [5.74, 6) is 0.533. The Bertz CT molecular complexity index is 1020. The molecule has 1 aliphatic rings. The molecule has 2 aromatic heterocycles. The lowest BCUT2D eigenvalue weighted by Gasteiger charge is -2.28. The Morgan fingerprint density at radius 2 is 2.04 bits per heavy atom. The number of amides is 2. The number of hydrogen-bond donors (Lipinski definition) is 2. The van der Waals surface area contributed by atoms with Crippen molar-refractivity contribution in [2.75, 3.05) is 6.54 Å². The van der Waals surface area contributed by atoms with Crippen molar-refractivity contribution >= 4 is 11.8 Å². The van der Waals surface area contributed by atoms with E-state index in [1.54, 1.807) is 22.6 Å². The topological polar surface area (TPSA) is 101 Å². The third-order valence-corrected chi connectivity index (χ3v) is 4.90. The van der Waals surface area contributed by atoms with Crippen LogP contribution in [0.4, 0.5) is 0 Å². The van der Waals surface area contributed by atoms with E-state index in [0.717, 1.165) is 11.3 Å². The third-order valence-electron chi connectivity index (χ3n) is 4.90. The number of oxazole rings is 1. The summed E-state index contributed by atoms with van der Waals surface area (Å²) in [6.45, 7) is 3.35. The number of rotatable bonds is 4. The zero-order chi connectivity index (χ0) is 19.7. The van der Waals surface area contributed by atoms with Gasteiger partial charge in [-0.05, 0) is 25.1 Å². The van der Waals surface area contributed by atoms with E-state index in [2.05, 4.69) is 4.98 Å². The monoisotopic (exact) mass is 380 g/mol. The lowest BCUT2D eigenvalue weighted by molar-refractivity contribution is -0.132. The van der Waals surface area contributed by atoms with Gasteiger partial charge in [0, 0.05) is 30.5 Å². The number of benzene rings is 1. The molecule has 28 heavy (non-hydrogen) atoms. The van der Waals surface area contributed by atoms with Gasteiger partial charge in [0.25, 0.3) is 5.91 Å². The molecule has 4 rings (SSSR count). The molecular weight excluding hydrogens is 360 g/mol. The van der Waals surface area contributed by atoms with Gasteiger partial charge in [0.05, 0.1) is 24.2 Å². The van der Waals surface area contributed by atoms with Crippen molar-refractivity contribution in [1.29, 1.82) is 0 Å². The van der Waals surface area contributed by atoms with Gasteiger partial charge in [0.1, 0.15) is 5.76 Å². The van der Waals surface area contributed by atoms with Gasteiger partial charge < -0.3 is 13.9 Å². The van der Waals surface area contributed by atoms with Crippen molar-refractivity contribution in [3.63, 3.8) is 0 Å². The first-order valence-corrected chi connectivity index (χ1v) is 8.98. The van der Waals surface area contributed by atoms with E-state index in [1.807, 2.05) is 41.8 Å². The lowest BCUT2D eigenvalue weighted by Crippen LogP contribution is -2.38. The molecule has 0 aliphatic carbocycles. The van der Waals surface area contributed by atoms with Crippen LogP contribution in [0, 0.1) is 6.92 Å². The van der Waals surface area contributed by atoms with Gasteiger partial charge in [-0.25, -0.2) is 10.5 Å². The summed E-state index contributed by atoms with van der Waals surface area (Å²) in [4.78, 5) is 30.6. The largest absolute Gasteiger partial charge is 0.441 e. The van der Waals surface area contributed by atoms with Crippen LogP contribution in [-0.4, -0.2) is 38.0 Å². The molecule has 1 aromatic carbocycles. The van der Waals surface area contributed by atoms with Gasteiger partial charge in [-0.2, -0.15) is 0 Å². The lowest BCUT2D eigenvalue weighted by atomic mass is 10.2. The Balaban J connectivity index is 1.47. The van der Waals surface area contributed by atoms with E-state index < -0.39 is 5.91 Å². The summed E-state index contributed by atoms with van der Waals surface area (Å²) >= 11 is 0. The molecule has 0 saturated heterocycles. The zero-order valence-electron chi connectivity index (χ0n) is 15.4. The van der Waals surface area contributed by atoms with Crippen LogP contribution in [0.1, 0.15) is 27.5 Å². The van der Waals surface area contributed by atoms with Crippen molar-refractivity contribution in [2.24, 2.45) is 0 Å². The fourth-order valence-electron chi connectivity index (χ4n) is 3.35. The summed E-state index contributed by atoms with van der Waals surface area (Å²) < 4.78 is 7.65. The molecule has 2 amide bonds. The standard InChI is InChI=1S/C20H20N4O4/c1-13-17(21-20(28-13)14-5-3-2-4-6-14)10-18(25)24-8-7-23-11-15(19(26)22-27)9-16(23)12-24/h2-6,9,11,27H,7-8,10,12H2,1H3,(H,22,26). The predicted molar refractivity (Wildman–Crippen MR) is 99.5 cm³/mol. The van der Waals surface area contributed by atoms with Crippen molar-refractivity contribution < 1.29 is 19.2 Å². The first kappa shape index (κ1) is 18.0. The molecular formula is C20H20N4O4. The highest BCUT2D eigenvalue weighted by molar-refractivity contribution is 5.93. The van der Waals surface area contributed by atoms with E-state index in [1.165, 1.54) is 0 Å². The average Bonchev–Trinajstić information content (AvgIpc) is 3.31. The third kappa shape index (κ3) is 3.41. The van der Waals surface area contributed by atoms with E-state index >= 15 is 0 Å². The normalized spacial score (nSPS) is 13.3. The molecule has 0 atom stereocenters. The van der Waals surface area contributed by atoms with Crippen LogP contribution >= 0.6 is 0 Å². The predicted octanol–water partition coefficient (Wildman–Crippen LogP) is 2.16. The molecule has 0 saturated carbocycles. The zero-order valence-corrected chi connectivity index (χ0v) is 15.4. The Morgan fingerprint density at radius 3 is 2.79 bits per heavy atom. The fourth-order valence-corrected chi connectivity index (χ4v) is 3.35. The highest BCUT2D eigenvalue weighted by Crippen LogP contribution is 2.23. The van der Waals surface area contributed by atoms with Gasteiger partial charge in [0.15, 0.2) is 0 Å². The Kier molecular flexibility index (Phi) is 4.70. The maximum absolute atomic E-state index is 12.8. The molecule has 8 heteroatoms. The van der Waals surface area contributed by atoms with E-state index in [0.29, 0.717) is 42.5 Å². The molecule has 8 nitrogen and oxygen atoms in total. The minimum Gasteiger partial charge on any atom is -0.441 e. The second kappa shape index (κ2) is 7.32. The van der Waals surface area contributed by atoms with E-state index in [9.17, 15) is 9.59 Å². The molecule has 1 aliphatic heterocycles. The number of aromatic nitrogens is 2. The van der Waals surface area contributed by atoms with Crippen molar-refractivity contribution in [2.45, 2.75) is 26.4 Å². The van der Waals surface area contributed by atoms with Crippen LogP contribution in [0.15, 0.2) is 47.0 Å². The van der Waals surface area contributed by atoms with Gasteiger partial charge in [-0.15, -0.1) is 0 Å². The molecule has 0 fully saturated rings. The highest BCUT2D eigenvalue weighted by atomic mass is 16.5. The SMILES string of the molecule is Cc1oc(-c2ccccc2)nc1CC(=O)N1CCn2cc(C(=O)NO)cc2C1. The van der Waals surface area contributed by atoms with Gasteiger partial charge >= 0.3 is 0 Å². The van der Waals surface area contributed by atoms with Crippen LogP contribution < -0.4 is 5.48 Å². The molecule has 0 radical (unpaired) electrons. The first-order chi connectivity index (χ1) is 13.5. The summed E-state index contributed by atoms with van der Waals surface area (Å²) in [6, 6.07) is 11.2. The number of carbonyl (C=O) groups excluding carboxylic acids is 2. The molecule has 0 unspecified atom stereocenters. The average molecular weight is 380 g/mol. The summed E-state index contributed by atoms with van der Waals surface area (Å²) in [7, 11) is 0. The second-order valence-corrected chi connectivity index (χ2v) is 6.73. The van der Waals surface area contributed by atoms with Crippen LogP contribution in [0.25, 0.3) is 11.5 Å². The van der Waals surface area contributed by atoms with Gasteiger partial charge in [-0.3, -0.25) is 14.8 Å². The van der Waals surface area contributed by atoms with Gasteiger partial charge in [-0.1, -0.05) is 18.2 Å². The molecule has 0 bridgehead atoms. The Morgan fingerprint density at radius 1 is 1.25 bits per heavy atom. The highest BCUT2D eigenvalue weighted by Gasteiger charge is 2.24. The summed E-state index contributed by atoms with van der Waals surface area (Å²) in [5, 5.41) is 8.77. The molecule has 144 valence electrons. The number of hydrogen-bond acceptors (Lipinski definition) is 5. The van der Waals surface area contributed by atoms with Crippen molar-refractivity contribution in [3.05, 3.63) is 65.3 Å². The van der Waals surface area contributed by atoms with Crippen LogP contribution in [0.3, 0.4) is 0 Å². The molecule has 3 aromatic rings. The number of nitrogens with one attached hydrogen (secondary N) is 1. The van der Waals surface area contributed by atoms with Crippen LogP contribution in [-0.2, 0) is 24.3 Å². The number of fused-ring (bicyclic) bond motifs is 1. The summed E-state index contributed by atoms with van der Waals surface area (Å²) in [5.41, 5.74) is 4.34. The minimum atomic E-state index is -0.563. The Hall–Kier alpha value is -3.39. The summed E-state index contributed by atoms with van der Waals surface area (Å²) in [6.07, 6.45) is 1.84. The fraction of sp³-hybridized carbons (Fsp3) is 0.250. The smallest absolute Gasteiger partial charge is 0.276 e. The van der Waals surface area contributed by atoms with Crippen molar-refractivity contribution in [3.8, 4) is 11.5 Å². The van der Waals surface area contributed by atoms with E-state index in [4.69, 9.17) is 9.62 Å². The minimum absolute atomic E-state index is 0.0448. The molecule has 3 heterocycles. The van der Waals surface area contributed by atoms with Gasteiger partial charge in [0.2, 0.25) is 11.8 Å². The van der Waals surface area contributed by atoms with Crippen molar-refractivity contribution in [1.82, 2.24) is 19.9 Å². The van der Waals surface area contributed by atoms with Crippen LogP contribution in [0.5, 0.6) is 0 Å².